The third kappa shape index (κ3) is 3.55. The van der Waals surface area contributed by atoms with Gasteiger partial charge in [-0.05, 0) is 13.8 Å². The molecule has 2 aromatic heterocycles. The van der Waals surface area contributed by atoms with Crippen LogP contribution in [0.2, 0.25) is 0 Å². The number of fused-ring (bicyclic) bond motifs is 1. The SMILES string of the molecule is Cc1cc(-n2nc3c(c2NC(=O)CS(C)(=O)=O)C(=O)N[C@@H](C)C3)no1. The molecule has 134 valence electrons. The van der Waals surface area contributed by atoms with Crippen molar-refractivity contribution in [2.45, 2.75) is 26.3 Å². The first kappa shape index (κ1) is 17.1. The van der Waals surface area contributed by atoms with Gasteiger partial charge in [0, 0.05) is 24.8 Å². The maximum atomic E-state index is 12.4. The van der Waals surface area contributed by atoms with Crippen LogP contribution in [0, 0.1) is 6.92 Å². The summed E-state index contributed by atoms with van der Waals surface area (Å²) in [6.07, 6.45) is 1.43. The van der Waals surface area contributed by atoms with E-state index in [2.05, 4.69) is 20.9 Å². The smallest absolute Gasteiger partial charge is 0.257 e. The van der Waals surface area contributed by atoms with Gasteiger partial charge in [0.15, 0.2) is 21.5 Å². The average Bonchev–Trinajstić information content (AvgIpc) is 3.00. The van der Waals surface area contributed by atoms with E-state index in [-0.39, 0.29) is 23.2 Å². The van der Waals surface area contributed by atoms with E-state index in [9.17, 15) is 18.0 Å². The van der Waals surface area contributed by atoms with E-state index >= 15 is 0 Å². The highest BCUT2D eigenvalue weighted by Crippen LogP contribution is 2.27. The van der Waals surface area contributed by atoms with Crippen LogP contribution < -0.4 is 10.6 Å². The molecule has 0 unspecified atom stereocenters. The third-order valence-electron chi connectivity index (χ3n) is 3.55. The summed E-state index contributed by atoms with van der Waals surface area (Å²) in [4.78, 5) is 24.4. The van der Waals surface area contributed by atoms with Crippen LogP contribution in [0.4, 0.5) is 5.82 Å². The molecule has 2 amide bonds. The molecular weight excluding hydrogens is 350 g/mol. The summed E-state index contributed by atoms with van der Waals surface area (Å²) in [6.45, 7) is 3.53. The van der Waals surface area contributed by atoms with Crippen molar-refractivity contribution in [2.24, 2.45) is 0 Å². The Hall–Kier alpha value is -2.69. The molecule has 2 N–H and O–H groups in total. The predicted molar refractivity (Wildman–Crippen MR) is 87.3 cm³/mol. The third-order valence-corrected chi connectivity index (χ3v) is 4.33. The van der Waals surface area contributed by atoms with Crippen molar-refractivity contribution in [3.8, 4) is 5.82 Å². The highest BCUT2D eigenvalue weighted by Gasteiger charge is 2.32. The van der Waals surface area contributed by atoms with E-state index in [1.54, 1.807) is 13.0 Å². The summed E-state index contributed by atoms with van der Waals surface area (Å²) in [5, 5.41) is 13.4. The van der Waals surface area contributed by atoms with Crippen LogP contribution in [0.15, 0.2) is 10.6 Å². The Morgan fingerprint density at radius 2 is 2.24 bits per heavy atom. The van der Waals surface area contributed by atoms with Gasteiger partial charge in [-0.25, -0.2) is 8.42 Å². The molecule has 25 heavy (non-hydrogen) atoms. The Morgan fingerprint density at radius 1 is 1.52 bits per heavy atom. The lowest BCUT2D eigenvalue weighted by Gasteiger charge is -2.19. The average molecular weight is 367 g/mol. The summed E-state index contributed by atoms with van der Waals surface area (Å²) in [6, 6.07) is 1.48. The number of hydrogen-bond acceptors (Lipinski definition) is 7. The van der Waals surface area contributed by atoms with Crippen LogP contribution in [-0.2, 0) is 21.1 Å². The van der Waals surface area contributed by atoms with Crippen LogP contribution >= 0.6 is 0 Å². The number of carbonyl (C=O) groups is 2. The molecule has 0 saturated heterocycles. The Bertz CT molecular complexity index is 958. The maximum Gasteiger partial charge on any atom is 0.257 e. The fraction of sp³-hybridized carbons (Fsp3) is 0.429. The highest BCUT2D eigenvalue weighted by atomic mass is 32.2. The number of sulfone groups is 1. The molecule has 0 aliphatic carbocycles. The van der Waals surface area contributed by atoms with Crippen molar-refractivity contribution in [3.63, 3.8) is 0 Å². The quantitative estimate of drug-likeness (QED) is 0.765. The van der Waals surface area contributed by atoms with Gasteiger partial charge in [0.1, 0.15) is 17.1 Å². The Labute approximate surface area is 143 Å². The van der Waals surface area contributed by atoms with E-state index in [0.29, 0.717) is 17.9 Å². The largest absolute Gasteiger partial charge is 0.359 e. The highest BCUT2D eigenvalue weighted by molar-refractivity contribution is 7.91. The molecule has 0 radical (unpaired) electrons. The first-order valence-corrected chi connectivity index (χ1v) is 9.54. The first-order valence-electron chi connectivity index (χ1n) is 7.48. The van der Waals surface area contributed by atoms with Gasteiger partial charge in [-0.3, -0.25) is 9.59 Å². The van der Waals surface area contributed by atoms with Crippen molar-refractivity contribution < 1.29 is 22.5 Å². The molecule has 0 saturated carbocycles. The number of anilines is 1. The van der Waals surface area contributed by atoms with Crippen LogP contribution in [0.25, 0.3) is 5.82 Å². The summed E-state index contributed by atoms with van der Waals surface area (Å²) in [5.41, 5.74) is 0.687. The minimum Gasteiger partial charge on any atom is -0.359 e. The second-order valence-electron chi connectivity index (χ2n) is 6.07. The molecule has 1 aliphatic heterocycles. The van der Waals surface area contributed by atoms with Gasteiger partial charge in [-0.15, -0.1) is 0 Å². The minimum atomic E-state index is -3.52. The van der Waals surface area contributed by atoms with E-state index < -0.39 is 27.4 Å². The van der Waals surface area contributed by atoms with Gasteiger partial charge in [0.2, 0.25) is 5.91 Å². The topological polar surface area (TPSA) is 136 Å². The number of aryl methyl sites for hydroxylation is 1. The zero-order chi connectivity index (χ0) is 18.4. The summed E-state index contributed by atoms with van der Waals surface area (Å²) < 4.78 is 29.0. The zero-order valence-corrected chi connectivity index (χ0v) is 14.7. The molecule has 0 bridgehead atoms. The molecule has 3 heterocycles. The summed E-state index contributed by atoms with van der Waals surface area (Å²) >= 11 is 0. The van der Waals surface area contributed by atoms with Gasteiger partial charge in [0.05, 0.1) is 5.69 Å². The molecule has 0 spiro atoms. The van der Waals surface area contributed by atoms with Gasteiger partial charge < -0.3 is 15.2 Å². The summed E-state index contributed by atoms with van der Waals surface area (Å²) in [7, 11) is -3.52. The molecule has 0 aromatic carbocycles. The fourth-order valence-corrected chi connectivity index (χ4v) is 3.17. The van der Waals surface area contributed by atoms with E-state index in [1.165, 1.54) is 4.68 Å². The fourth-order valence-electron chi connectivity index (χ4n) is 2.62. The van der Waals surface area contributed by atoms with Gasteiger partial charge in [0.25, 0.3) is 5.91 Å². The molecule has 1 atom stereocenters. The van der Waals surface area contributed by atoms with E-state index in [4.69, 9.17) is 4.52 Å². The molecular formula is C14H17N5O5S. The molecule has 3 rings (SSSR count). The second-order valence-corrected chi connectivity index (χ2v) is 8.21. The maximum absolute atomic E-state index is 12.4. The molecule has 11 heteroatoms. The number of aromatic nitrogens is 3. The van der Waals surface area contributed by atoms with E-state index in [1.807, 2.05) is 6.92 Å². The van der Waals surface area contributed by atoms with Crippen molar-refractivity contribution in [1.29, 1.82) is 0 Å². The number of nitrogens with zero attached hydrogens (tertiary/aromatic N) is 3. The number of carbonyl (C=O) groups excluding carboxylic acids is 2. The second kappa shape index (κ2) is 5.99. The Balaban J connectivity index is 2.08. The van der Waals surface area contributed by atoms with Crippen molar-refractivity contribution in [3.05, 3.63) is 23.1 Å². The number of amides is 2. The lowest BCUT2D eigenvalue weighted by atomic mass is 10.0. The van der Waals surface area contributed by atoms with Gasteiger partial charge in [-0.2, -0.15) is 9.78 Å². The Morgan fingerprint density at radius 3 is 2.84 bits per heavy atom. The van der Waals surface area contributed by atoms with Crippen molar-refractivity contribution in [1.82, 2.24) is 20.3 Å². The first-order chi connectivity index (χ1) is 11.6. The monoisotopic (exact) mass is 367 g/mol. The molecule has 10 nitrogen and oxygen atoms in total. The number of rotatable bonds is 4. The molecule has 0 fully saturated rings. The van der Waals surface area contributed by atoms with E-state index in [0.717, 1.165) is 6.26 Å². The molecule has 2 aromatic rings. The normalized spacial score (nSPS) is 17.1. The van der Waals surface area contributed by atoms with Gasteiger partial charge >= 0.3 is 0 Å². The molecule has 1 aliphatic rings. The Kier molecular flexibility index (Phi) is 4.11. The lowest BCUT2D eigenvalue weighted by molar-refractivity contribution is -0.113. The zero-order valence-electron chi connectivity index (χ0n) is 13.9. The summed E-state index contributed by atoms with van der Waals surface area (Å²) in [5.74, 6) is -0.992. The predicted octanol–water partition coefficient (Wildman–Crippen LogP) is -0.174. The van der Waals surface area contributed by atoms with Crippen molar-refractivity contribution in [2.75, 3.05) is 17.3 Å². The van der Waals surface area contributed by atoms with Crippen LogP contribution in [-0.4, -0.2) is 53.2 Å². The number of hydrogen-bond donors (Lipinski definition) is 2. The van der Waals surface area contributed by atoms with Crippen LogP contribution in [0.3, 0.4) is 0 Å². The van der Waals surface area contributed by atoms with Crippen LogP contribution in [0.1, 0.15) is 28.7 Å². The number of nitrogens with one attached hydrogen (secondary N) is 2. The standard InChI is InChI=1S/C14H17N5O5S/c1-7-4-9-12(14(21)15-7)13(16-11(20)6-25(3,22)23)19(17-9)10-5-8(2)24-18-10/h5,7H,4,6H2,1-3H3,(H,15,21)(H,16,20)/t7-/m0/s1. The van der Waals surface area contributed by atoms with Crippen molar-refractivity contribution >= 4 is 27.5 Å². The minimum absolute atomic E-state index is 0.0707. The lowest BCUT2D eigenvalue weighted by Crippen LogP contribution is -2.39. The van der Waals surface area contributed by atoms with Crippen LogP contribution in [0.5, 0.6) is 0 Å². The van der Waals surface area contributed by atoms with Gasteiger partial charge in [-0.1, -0.05) is 5.16 Å².